The fourth-order valence-electron chi connectivity index (χ4n) is 3.54. The first-order valence-electron chi connectivity index (χ1n) is 9.87. The molecule has 31 heavy (non-hydrogen) atoms. The van der Waals surface area contributed by atoms with Gasteiger partial charge in [-0.05, 0) is 35.9 Å². The number of fused-ring (bicyclic) bond motifs is 1. The molecule has 1 aliphatic rings. The van der Waals surface area contributed by atoms with E-state index in [9.17, 15) is 18.7 Å². The topological polar surface area (TPSA) is 88.9 Å². The van der Waals surface area contributed by atoms with Gasteiger partial charge in [0.1, 0.15) is 11.6 Å². The van der Waals surface area contributed by atoms with Gasteiger partial charge in [0.25, 0.3) is 0 Å². The second kappa shape index (κ2) is 9.13. The van der Waals surface area contributed by atoms with Gasteiger partial charge in [-0.25, -0.2) is 18.6 Å². The summed E-state index contributed by atoms with van der Waals surface area (Å²) >= 11 is 1.21. The Morgan fingerprint density at radius 2 is 1.94 bits per heavy atom. The van der Waals surface area contributed by atoms with Gasteiger partial charge in [-0.15, -0.1) is 0 Å². The second-order valence-corrected chi connectivity index (χ2v) is 8.39. The number of aromatic nitrogens is 1. The first-order valence-corrected chi connectivity index (χ1v) is 10.7. The molecule has 1 fully saturated rings. The summed E-state index contributed by atoms with van der Waals surface area (Å²) in [6.45, 7) is 1.38. The Balaban J connectivity index is 1.35. The standard InChI is InChI=1S/C21H22F2N4O3S/c22-14-2-3-17-19(11-14)31-20(24-17)25-21(30)27-7-5-26(6-8-27)18-4-1-13(10-16(18)23)9-15(29)12-28/h1-4,10-11,15,28-29H,5-9,12H2,(H,24,25,30). The Labute approximate surface area is 181 Å². The van der Waals surface area contributed by atoms with Gasteiger partial charge < -0.3 is 20.0 Å². The monoisotopic (exact) mass is 448 g/mol. The van der Waals surface area contributed by atoms with Crippen molar-refractivity contribution in [2.45, 2.75) is 12.5 Å². The minimum absolute atomic E-state index is 0.181. The smallest absolute Gasteiger partial charge is 0.323 e. The summed E-state index contributed by atoms with van der Waals surface area (Å²) < 4.78 is 28.5. The lowest BCUT2D eigenvalue weighted by atomic mass is 10.1. The molecular weight excluding hydrogens is 426 g/mol. The number of benzene rings is 2. The van der Waals surface area contributed by atoms with E-state index < -0.39 is 11.9 Å². The van der Waals surface area contributed by atoms with E-state index in [2.05, 4.69) is 10.3 Å². The Bertz CT molecular complexity index is 1090. The van der Waals surface area contributed by atoms with Crippen LogP contribution in [0.3, 0.4) is 0 Å². The molecule has 1 unspecified atom stereocenters. The predicted octanol–water partition coefficient (Wildman–Crippen LogP) is 2.82. The van der Waals surface area contributed by atoms with Crippen LogP contribution >= 0.6 is 11.3 Å². The van der Waals surface area contributed by atoms with Crippen molar-refractivity contribution < 1.29 is 23.8 Å². The Hall–Kier alpha value is -2.82. The van der Waals surface area contributed by atoms with Crippen molar-refractivity contribution in [2.24, 2.45) is 0 Å². The number of anilines is 2. The van der Waals surface area contributed by atoms with E-state index >= 15 is 0 Å². The molecule has 2 amide bonds. The summed E-state index contributed by atoms with van der Waals surface area (Å²) in [6, 6.07) is 8.73. The van der Waals surface area contributed by atoms with Crippen LogP contribution in [0.5, 0.6) is 0 Å². The van der Waals surface area contributed by atoms with Crippen molar-refractivity contribution in [1.82, 2.24) is 9.88 Å². The number of halogens is 2. The summed E-state index contributed by atoms with van der Waals surface area (Å²) in [4.78, 5) is 20.4. The molecule has 7 nitrogen and oxygen atoms in total. The minimum atomic E-state index is -0.915. The predicted molar refractivity (Wildman–Crippen MR) is 116 cm³/mol. The van der Waals surface area contributed by atoms with Crippen LogP contribution in [0, 0.1) is 11.6 Å². The van der Waals surface area contributed by atoms with Crippen LogP contribution in [0.1, 0.15) is 5.56 Å². The van der Waals surface area contributed by atoms with E-state index in [1.54, 1.807) is 23.1 Å². The van der Waals surface area contributed by atoms with E-state index in [1.807, 2.05) is 4.90 Å². The van der Waals surface area contributed by atoms with Crippen molar-refractivity contribution in [3.05, 3.63) is 53.6 Å². The number of carbonyl (C=O) groups is 1. The average molecular weight is 448 g/mol. The fraction of sp³-hybridized carbons (Fsp3) is 0.333. The molecule has 4 rings (SSSR count). The number of nitrogens with zero attached hydrogens (tertiary/aromatic N) is 3. The van der Waals surface area contributed by atoms with Crippen LogP contribution in [-0.4, -0.2) is 65.0 Å². The molecule has 0 spiro atoms. The van der Waals surface area contributed by atoms with Crippen molar-refractivity contribution in [1.29, 1.82) is 0 Å². The number of carbonyl (C=O) groups excluding carboxylic acids is 1. The fourth-order valence-corrected chi connectivity index (χ4v) is 4.42. The minimum Gasteiger partial charge on any atom is -0.394 e. The highest BCUT2D eigenvalue weighted by molar-refractivity contribution is 7.22. The van der Waals surface area contributed by atoms with Crippen molar-refractivity contribution in [2.75, 3.05) is 43.0 Å². The third-order valence-corrected chi connectivity index (χ3v) is 6.10. The maximum Gasteiger partial charge on any atom is 0.323 e. The van der Waals surface area contributed by atoms with Gasteiger partial charge in [-0.3, -0.25) is 5.32 Å². The summed E-state index contributed by atoms with van der Waals surface area (Å²) in [5.74, 6) is -0.753. The number of thiazole rings is 1. The van der Waals surface area contributed by atoms with E-state index in [0.29, 0.717) is 52.8 Å². The van der Waals surface area contributed by atoms with Crippen LogP contribution < -0.4 is 10.2 Å². The van der Waals surface area contributed by atoms with Crippen LogP contribution in [-0.2, 0) is 6.42 Å². The van der Waals surface area contributed by atoms with E-state index in [0.717, 1.165) is 0 Å². The Morgan fingerprint density at radius 3 is 2.65 bits per heavy atom. The SMILES string of the molecule is O=C(Nc1nc2ccc(F)cc2s1)N1CCN(c2ccc(CC(O)CO)cc2F)CC1. The number of hydrogen-bond acceptors (Lipinski definition) is 6. The quantitative estimate of drug-likeness (QED) is 0.559. The van der Waals surface area contributed by atoms with Gasteiger partial charge in [0.05, 0.1) is 28.6 Å². The molecule has 0 bridgehead atoms. The first kappa shape index (κ1) is 21.4. The van der Waals surface area contributed by atoms with Crippen LogP contribution in [0.2, 0.25) is 0 Å². The molecule has 0 saturated carbocycles. The molecule has 1 aromatic heterocycles. The lowest BCUT2D eigenvalue weighted by Gasteiger charge is -2.36. The highest BCUT2D eigenvalue weighted by Crippen LogP contribution is 2.27. The second-order valence-electron chi connectivity index (χ2n) is 7.36. The Kier molecular flexibility index (Phi) is 6.30. The molecule has 1 atom stereocenters. The summed E-state index contributed by atoms with van der Waals surface area (Å²) in [7, 11) is 0. The lowest BCUT2D eigenvalue weighted by Crippen LogP contribution is -2.50. The molecule has 1 saturated heterocycles. The molecule has 3 aromatic rings. The van der Waals surface area contributed by atoms with Crippen LogP contribution in [0.15, 0.2) is 36.4 Å². The maximum atomic E-state index is 14.5. The van der Waals surface area contributed by atoms with Crippen molar-refractivity contribution in [3.63, 3.8) is 0 Å². The molecular formula is C21H22F2N4O3S. The number of urea groups is 1. The van der Waals surface area contributed by atoms with Crippen molar-refractivity contribution >= 4 is 38.4 Å². The van der Waals surface area contributed by atoms with Gasteiger partial charge in [-0.1, -0.05) is 17.4 Å². The zero-order valence-electron chi connectivity index (χ0n) is 16.6. The van der Waals surface area contributed by atoms with Crippen LogP contribution in [0.25, 0.3) is 10.2 Å². The third kappa shape index (κ3) is 4.92. The molecule has 164 valence electrons. The number of rotatable bonds is 5. The molecule has 2 aromatic carbocycles. The molecule has 2 heterocycles. The first-order chi connectivity index (χ1) is 14.9. The summed E-state index contributed by atoms with van der Waals surface area (Å²) in [5, 5.41) is 21.6. The number of aliphatic hydroxyl groups excluding tert-OH is 2. The zero-order chi connectivity index (χ0) is 22.0. The largest absolute Gasteiger partial charge is 0.394 e. The van der Waals surface area contributed by atoms with E-state index in [-0.39, 0.29) is 24.9 Å². The summed E-state index contributed by atoms with van der Waals surface area (Å²) in [5.41, 5.74) is 1.67. The zero-order valence-corrected chi connectivity index (χ0v) is 17.4. The number of piperazine rings is 1. The van der Waals surface area contributed by atoms with E-state index in [1.165, 1.54) is 29.5 Å². The maximum absolute atomic E-state index is 14.5. The van der Waals surface area contributed by atoms with Gasteiger partial charge >= 0.3 is 6.03 Å². The number of nitrogens with one attached hydrogen (secondary N) is 1. The molecule has 0 radical (unpaired) electrons. The average Bonchev–Trinajstić information content (AvgIpc) is 3.15. The normalized spacial score (nSPS) is 15.4. The van der Waals surface area contributed by atoms with Crippen molar-refractivity contribution in [3.8, 4) is 0 Å². The van der Waals surface area contributed by atoms with Gasteiger partial charge in [0.2, 0.25) is 0 Å². The molecule has 1 aliphatic heterocycles. The third-order valence-electron chi connectivity index (χ3n) is 5.17. The molecule has 0 aliphatic carbocycles. The molecule has 10 heteroatoms. The molecule has 3 N–H and O–H groups in total. The Morgan fingerprint density at radius 1 is 1.16 bits per heavy atom. The lowest BCUT2D eigenvalue weighted by molar-refractivity contribution is 0.0954. The number of hydrogen-bond donors (Lipinski definition) is 3. The highest BCUT2D eigenvalue weighted by atomic mass is 32.1. The van der Waals surface area contributed by atoms with Crippen LogP contribution in [0.4, 0.5) is 24.4 Å². The summed E-state index contributed by atoms with van der Waals surface area (Å²) in [6.07, 6.45) is -0.734. The number of amides is 2. The van der Waals surface area contributed by atoms with Gasteiger partial charge in [0.15, 0.2) is 5.13 Å². The highest BCUT2D eigenvalue weighted by Gasteiger charge is 2.24. The number of aliphatic hydroxyl groups is 2. The van der Waals surface area contributed by atoms with Gasteiger partial charge in [0, 0.05) is 32.6 Å². The van der Waals surface area contributed by atoms with E-state index in [4.69, 9.17) is 5.11 Å². The van der Waals surface area contributed by atoms with Gasteiger partial charge in [-0.2, -0.15) is 0 Å².